The molecule has 1 amide bonds. The summed E-state index contributed by atoms with van der Waals surface area (Å²) < 4.78 is 6.19. The largest absolute Gasteiger partial charge is 0.490 e. The lowest BCUT2D eigenvalue weighted by molar-refractivity contribution is 0.0977. The molecule has 3 rings (SSSR count). The Morgan fingerprint density at radius 1 is 1.23 bits per heavy atom. The summed E-state index contributed by atoms with van der Waals surface area (Å²) in [5.41, 5.74) is 9.15. The quantitative estimate of drug-likeness (QED) is 0.389. The zero-order valence-corrected chi connectivity index (χ0v) is 17.7. The van der Waals surface area contributed by atoms with Gasteiger partial charge in [-0.15, -0.1) is 0 Å². The van der Waals surface area contributed by atoms with Crippen molar-refractivity contribution in [2.45, 2.75) is 46.1 Å². The lowest BCUT2D eigenvalue weighted by Gasteiger charge is -2.18. The molecule has 0 saturated carbocycles. The first-order chi connectivity index (χ1) is 14.4. The number of benzene rings is 2. The molecular weight excluding hydrogens is 376 g/mol. The monoisotopic (exact) mass is 404 g/mol. The molecule has 0 saturated heterocycles. The van der Waals surface area contributed by atoms with Crippen molar-refractivity contribution in [3.8, 4) is 17.0 Å². The molecule has 0 aliphatic heterocycles. The van der Waals surface area contributed by atoms with Crippen molar-refractivity contribution in [2.75, 3.05) is 0 Å². The van der Waals surface area contributed by atoms with Crippen LogP contribution in [0.15, 0.2) is 48.5 Å². The number of carbonyl (C=O) groups is 1. The molecule has 0 aliphatic carbocycles. The summed E-state index contributed by atoms with van der Waals surface area (Å²) in [6.07, 6.45) is 3.10. The van der Waals surface area contributed by atoms with Gasteiger partial charge in [-0.2, -0.15) is 0 Å². The van der Waals surface area contributed by atoms with Crippen molar-refractivity contribution >= 4 is 22.8 Å². The molecule has 4 N–H and O–H groups in total. The molecule has 0 bridgehead atoms. The number of nitrogens with zero attached hydrogens (tertiary/aromatic N) is 1. The fourth-order valence-electron chi connectivity index (χ4n) is 3.49. The van der Waals surface area contributed by atoms with Crippen LogP contribution in [0.25, 0.3) is 22.2 Å². The van der Waals surface area contributed by atoms with Gasteiger partial charge in [0.2, 0.25) is 0 Å². The molecule has 6 nitrogen and oxygen atoms in total. The zero-order chi connectivity index (χ0) is 21.7. The van der Waals surface area contributed by atoms with Crippen LogP contribution in [-0.4, -0.2) is 23.0 Å². The molecule has 1 heterocycles. The van der Waals surface area contributed by atoms with E-state index in [2.05, 4.69) is 12.2 Å². The van der Waals surface area contributed by atoms with Crippen LogP contribution in [0.5, 0.6) is 5.75 Å². The predicted molar refractivity (Wildman–Crippen MR) is 121 cm³/mol. The summed E-state index contributed by atoms with van der Waals surface area (Å²) in [6.45, 7) is 6.18. The van der Waals surface area contributed by atoms with Gasteiger partial charge in [0.05, 0.1) is 28.3 Å². The first kappa shape index (κ1) is 21.3. The van der Waals surface area contributed by atoms with Crippen LogP contribution in [-0.2, 0) is 0 Å². The van der Waals surface area contributed by atoms with Crippen molar-refractivity contribution in [1.29, 1.82) is 5.41 Å². The van der Waals surface area contributed by atoms with Crippen LogP contribution in [0.1, 0.15) is 49.0 Å². The lowest BCUT2D eigenvalue weighted by atomic mass is 10.00. The number of unbranched alkanes of at least 4 members (excludes halogenated alkanes) is 1. The van der Waals surface area contributed by atoms with E-state index >= 15 is 0 Å². The Morgan fingerprint density at radius 3 is 2.70 bits per heavy atom. The third-order valence-corrected chi connectivity index (χ3v) is 5.00. The molecule has 1 aromatic heterocycles. The Balaban J connectivity index is 2.17. The maximum Gasteiger partial charge on any atom is 0.258 e. The smallest absolute Gasteiger partial charge is 0.258 e. The van der Waals surface area contributed by atoms with Crippen LogP contribution in [0.3, 0.4) is 0 Å². The number of hydrogen-bond acceptors (Lipinski definition) is 4. The summed E-state index contributed by atoms with van der Waals surface area (Å²) >= 11 is 0. The number of nitrogens with two attached hydrogens (primary N) is 1. The van der Waals surface area contributed by atoms with Gasteiger partial charge in [0.15, 0.2) is 5.96 Å². The van der Waals surface area contributed by atoms with Gasteiger partial charge in [0.1, 0.15) is 5.75 Å². The van der Waals surface area contributed by atoms with Gasteiger partial charge >= 0.3 is 0 Å². The van der Waals surface area contributed by atoms with Crippen LogP contribution in [0, 0.1) is 12.3 Å². The number of nitrogens with one attached hydrogen (secondary N) is 2. The Bertz CT molecular complexity index is 1080. The van der Waals surface area contributed by atoms with E-state index in [9.17, 15) is 4.79 Å². The highest BCUT2D eigenvalue weighted by Crippen LogP contribution is 2.33. The van der Waals surface area contributed by atoms with Crippen molar-refractivity contribution in [1.82, 2.24) is 10.3 Å². The maximum atomic E-state index is 12.9. The standard InChI is InChI=1S/C24H28N4O2/c1-4-5-10-16(3)30-21-13-8-12-19-22(21)18(23(29)28-24(25)26)14-20(27-19)17-11-7-6-9-15(17)2/h6-9,11-14,16H,4-5,10H2,1-3H3,(H4,25,26,28,29). The molecule has 156 valence electrons. The molecule has 3 aromatic rings. The van der Waals surface area contributed by atoms with Crippen LogP contribution in [0.2, 0.25) is 0 Å². The molecule has 1 atom stereocenters. The van der Waals surface area contributed by atoms with Gasteiger partial charge < -0.3 is 10.5 Å². The summed E-state index contributed by atoms with van der Waals surface area (Å²) in [6, 6.07) is 15.2. The maximum absolute atomic E-state index is 12.9. The van der Waals surface area contributed by atoms with Crippen molar-refractivity contribution in [3.63, 3.8) is 0 Å². The van der Waals surface area contributed by atoms with Crippen LogP contribution >= 0.6 is 0 Å². The van der Waals surface area contributed by atoms with E-state index in [1.807, 2.05) is 56.3 Å². The second kappa shape index (κ2) is 9.39. The highest BCUT2D eigenvalue weighted by Gasteiger charge is 2.19. The normalized spacial score (nSPS) is 11.8. The molecule has 6 heteroatoms. The molecule has 0 spiro atoms. The van der Waals surface area contributed by atoms with Crippen molar-refractivity contribution in [3.05, 3.63) is 59.7 Å². The van der Waals surface area contributed by atoms with Gasteiger partial charge in [0, 0.05) is 5.56 Å². The Morgan fingerprint density at radius 2 is 2.00 bits per heavy atom. The second-order valence-electron chi connectivity index (χ2n) is 7.46. The average molecular weight is 405 g/mol. The molecule has 1 unspecified atom stereocenters. The van der Waals surface area contributed by atoms with Crippen molar-refractivity contribution < 1.29 is 9.53 Å². The first-order valence-electron chi connectivity index (χ1n) is 10.2. The summed E-state index contributed by atoms with van der Waals surface area (Å²) in [5.74, 6) is -0.257. The van der Waals surface area contributed by atoms with E-state index in [4.69, 9.17) is 20.9 Å². The molecular formula is C24H28N4O2. The molecule has 30 heavy (non-hydrogen) atoms. The van der Waals surface area contributed by atoms with E-state index in [-0.39, 0.29) is 6.10 Å². The first-order valence-corrected chi connectivity index (χ1v) is 10.2. The second-order valence-corrected chi connectivity index (χ2v) is 7.46. The SMILES string of the molecule is CCCCC(C)Oc1cccc2nc(-c3ccccc3C)cc(C(=O)NC(=N)N)c12. The van der Waals surface area contributed by atoms with Gasteiger partial charge in [-0.05, 0) is 44.0 Å². The van der Waals surface area contributed by atoms with E-state index in [1.54, 1.807) is 6.07 Å². The van der Waals surface area contributed by atoms with E-state index in [0.29, 0.717) is 27.9 Å². The number of guanidine groups is 1. The number of fused-ring (bicyclic) bond motifs is 1. The van der Waals surface area contributed by atoms with E-state index < -0.39 is 11.9 Å². The Kier molecular flexibility index (Phi) is 6.67. The highest BCUT2D eigenvalue weighted by atomic mass is 16.5. The summed E-state index contributed by atoms with van der Waals surface area (Å²) in [5, 5.41) is 10.5. The summed E-state index contributed by atoms with van der Waals surface area (Å²) in [7, 11) is 0. The highest BCUT2D eigenvalue weighted by molar-refractivity contribution is 6.13. The van der Waals surface area contributed by atoms with Gasteiger partial charge in [-0.25, -0.2) is 4.98 Å². The molecule has 0 radical (unpaired) electrons. The van der Waals surface area contributed by atoms with Gasteiger partial charge in [-0.1, -0.05) is 50.1 Å². The van der Waals surface area contributed by atoms with Crippen LogP contribution in [0.4, 0.5) is 0 Å². The lowest BCUT2D eigenvalue weighted by Crippen LogP contribution is -2.35. The molecule has 0 aliphatic rings. The van der Waals surface area contributed by atoms with Gasteiger partial charge in [0.25, 0.3) is 5.91 Å². The number of carbonyl (C=O) groups excluding carboxylic acids is 1. The van der Waals surface area contributed by atoms with Gasteiger partial charge in [-0.3, -0.25) is 15.5 Å². The Labute approximate surface area is 177 Å². The zero-order valence-electron chi connectivity index (χ0n) is 17.7. The number of hydrogen-bond donors (Lipinski definition) is 3. The average Bonchev–Trinajstić information content (AvgIpc) is 2.71. The minimum absolute atomic E-state index is 0.00955. The number of aromatic nitrogens is 1. The summed E-state index contributed by atoms with van der Waals surface area (Å²) in [4.78, 5) is 17.7. The number of ether oxygens (including phenoxy) is 1. The Hall–Kier alpha value is -3.41. The molecule has 2 aromatic carbocycles. The number of aryl methyl sites for hydroxylation is 1. The predicted octanol–water partition coefficient (Wildman–Crippen LogP) is 4.79. The van der Waals surface area contributed by atoms with Crippen molar-refractivity contribution in [2.24, 2.45) is 5.73 Å². The number of amides is 1. The minimum atomic E-state index is -0.456. The minimum Gasteiger partial charge on any atom is -0.490 e. The third kappa shape index (κ3) is 4.76. The molecule has 0 fully saturated rings. The van der Waals surface area contributed by atoms with Crippen LogP contribution < -0.4 is 15.8 Å². The fourth-order valence-corrected chi connectivity index (χ4v) is 3.49. The van der Waals surface area contributed by atoms with E-state index in [1.165, 1.54) is 0 Å². The number of rotatable bonds is 7. The fraction of sp³-hybridized carbons (Fsp3) is 0.292. The third-order valence-electron chi connectivity index (χ3n) is 5.00. The topological polar surface area (TPSA) is 101 Å². The number of pyridine rings is 1. The van der Waals surface area contributed by atoms with E-state index in [0.717, 1.165) is 30.4 Å².